The predicted octanol–water partition coefficient (Wildman–Crippen LogP) is 15.3. The van der Waals surface area contributed by atoms with E-state index in [-0.39, 0.29) is 41.5 Å². The highest BCUT2D eigenvalue weighted by Crippen LogP contribution is 2.71. The Morgan fingerprint density at radius 3 is 0.459 bits per heavy atom. The van der Waals surface area contributed by atoms with Crippen molar-refractivity contribution in [3.8, 4) is 0 Å². The molecule has 0 fully saturated rings. The van der Waals surface area contributed by atoms with Gasteiger partial charge in [-0.05, 0) is 41.5 Å². The van der Waals surface area contributed by atoms with Crippen LogP contribution < -0.4 is 0 Å². The summed E-state index contributed by atoms with van der Waals surface area (Å²) in [5.74, 6) is -62.2. The van der Waals surface area contributed by atoms with Crippen molar-refractivity contribution in [2.75, 3.05) is 46.2 Å². The third-order valence-electron chi connectivity index (χ3n) is 12.2. The van der Waals surface area contributed by atoms with Crippen molar-refractivity contribution in [3.05, 3.63) is 72.9 Å². The molecule has 0 radical (unpaired) electrons. The fraction of sp³-hybridized carbons (Fsp3) is 0.654. The lowest BCUT2D eigenvalue weighted by Gasteiger charge is -2.52. The van der Waals surface area contributed by atoms with Gasteiger partial charge in [0.1, 0.15) is 0 Å². The summed E-state index contributed by atoms with van der Waals surface area (Å²) >= 11 is 0. The van der Waals surface area contributed by atoms with Crippen molar-refractivity contribution >= 4 is 35.8 Å². The van der Waals surface area contributed by atoms with E-state index >= 15 is 167 Å². The standard InChI is InChI=1S/C52H44F38O19/c1-20(2)26(91)97-14-33(53,54)43(71,72)104-40(65,66)32(41(67,68)105-44(73,74)34(55,56)15-98-27(92)21(3)4,42(69,70)106-45(75,76)35(57,58)16-99-28(93)22(5)6)13-103-49(83,84)39(50(85,86)107-46(77,78)36(59,60)17-100-29(94)23(7)8,51(87,88)108-47(79,80)37(61,62)18-101-30(95)24(9)10)52(89,90)109-48(81,82)38(63,64)19-102-31(96)25(11)12/h1,3,5,7,9,11,13-19H2,2,4,6,8,10,12H3. The molecule has 0 aliphatic carbocycles. The number of hydrogen-bond acceptors (Lipinski definition) is 19. The summed E-state index contributed by atoms with van der Waals surface area (Å²) in [6.45, 7) is -15.2. The second-order valence-electron chi connectivity index (χ2n) is 21.6. The normalized spacial score (nSPS) is 14.6. The molecule has 0 aromatic rings. The molecule has 0 unspecified atom stereocenters. The van der Waals surface area contributed by atoms with E-state index in [2.05, 4.69) is 67.9 Å². The number of rotatable bonds is 46. The van der Waals surface area contributed by atoms with Gasteiger partial charge < -0.3 is 33.2 Å². The SMILES string of the molecule is C=C(C)C(=O)OCC(F)(F)C(F)(F)OC(F)(F)C(COC(F)(F)C(C(F)(F)OC(F)(F)C(F)(F)COC(=O)C(=C)C)(C(F)(F)OC(F)(F)C(F)(F)COC(=O)C(=C)C)C(F)(F)OC(F)(F)C(F)(F)COC(=O)C(=C)C)(C(F)(F)OC(F)(F)C(F)(F)COC(=O)C(=C)C)C(F)(F)OC(F)(F)C(F)(F)COC(=O)C(=C)C. The van der Waals surface area contributed by atoms with E-state index in [9.17, 15) is 28.8 Å². The lowest BCUT2D eigenvalue weighted by atomic mass is 9.79. The molecule has 0 heterocycles. The molecule has 0 N–H and O–H groups in total. The summed E-state index contributed by atoms with van der Waals surface area (Å²) in [5, 5.41) is 0. The Morgan fingerprint density at radius 2 is 0.330 bits per heavy atom. The van der Waals surface area contributed by atoms with Gasteiger partial charge in [-0.2, -0.15) is 167 Å². The number of carbonyl (C=O) groups excluding carboxylic acids is 6. The Morgan fingerprint density at radius 1 is 0.202 bits per heavy atom. The zero-order valence-electron chi connectivity index (χ0n) is 53.8. The van der Waals surface area contributed by atoms with E-state index in [1.54, 1.807) is 18.9 Å². The first-order valence-electron chi connectivity index (χ1n) is 26.7. The first-order valence-corrected chi connectivity index (χ1v) is 26.7. The first-order chi connectivity index (χ1) is 47.7. The van der Waals surface area contributed by atoms with Gasteiger partial charge in [0.15, 0.2) is 39.6 Å². The van der Waals surface area contributed by atoms with E-state index in [1.807, 2.05) is 0 Å². The van der Waals surface area contributed by atoms with Crippen molar-refractivity contribution in [1.29, 1.82) is 0 Å². The summed E-state index contributed by atoms with van der Waals surface area (Å²) in [4.78, 5) is 70.4. The van der Waals surface area contributed by atoms with Crippen molar-refractivity contribution in [2.45, 2.75) is 156 Å². The van der Waals surface area contributed by atoms with E-state index in [4.69, 9.17) is 0 Å². The molecular formula is C52H44F38O19. The molecule has 0 amide bonds. The zero-order chi connectivity index (χ0) is 87.6. The molecule has 57 heteroatoms. The third kappa shape index (κ3) is 21.5. The number of halogens is 38. The summed E-state index contributed by atoms with van der Waals surface area (Å²) < 4.78 is 640. The molecule has 0 bridgehead atoms. The van der Waals surface area contributed by atoms with Crippen LogP contribution >= 0.6 is 0 Å². The van der Waals surface area contributed by atoms with Gasteiger partial charge in [0.05, 0.1) is 6.61 Å². The number of esters is 6. The molecular weight excluding hydrogens is 1650 g/mol. The van der Waals surface area contributed by atoms with Crippen LogP contribution in [0.15, 0.2) is 72.9 Å². The quantitative estimate of drug-likeness (QED) is 0.0239. The lowest BCUT2D eigenvalue weighted by Crippen LogP contribution is -2.78. The summed E-state index contributed by atoms with van der Waals surface area (Å²) in [7, 11) is 0. The molecule has 0 aliphatic heterocycles. The van der Waals surface area contributed by atoms with E-state index in [0.717, 1.165) is 0 Å². The fourth-order valence-corrected chi connectivity index (χ4v) is 6.17. The zero-order valence-corrected chi connectivity index (χ0v) is 53.8. The lowest BCUT2D eigenvalue weighted by molar-refractivity contribution is -0.618. The van der Waals surface area contributed by atoms with Crippen LogP contribution in [0.2, 0.25) is 0 Å². The molecule has 0 aromatic heterocycles. The van der Waals surface area contributed by atoms with Gasteiger partial charge in [-0.15, -0.1) is 0 Å². The van der Waals surface area contributed by atoms with E-state index in [1.165, 1.54) is 14.2 Å². The average Bonchev–Trinajstić information content (AvgIpc) is 0.558. The fourth-order valence-electron chi connectivity index (χ4n) is 6.17. The monoisotopic (exact) mass is 1690 g/mol. The smallest absolute Gasteiger partial charge is 0.427 e. The number of ether oxygens (including phenoxy) is 13. The van der Waals surface area contributed by atoms with Crippen molar-refractivity contribution < 1.29 is 257 Å². The Hall–Kier alpha value is -7.68. The van der Waals surface area contributed by atoms with Crippen LogP contribution in [-0.4, -0.2) is 197 Å². The first kappa shape index (κ1) is 101. The number of alkyl halides is 38. The minimum Gasteiger partial charge on any atom is -0.456 e. The Labute approximate surface area is 579 Å². The van der Waals surface area contributed by atoms with Crippen LogP contribution in [0, 0.1) is 10.8 Å². The van der Waals surface area contributed by atoms with Crippen LogP contribution in [0.4, 0.5) is 167 Å². The molecule has 0 saturated carbocycles. The van der Waals surface area contributed by atoms with Crippen LogP contribution in [-0.2, 0) is 90.3 Å². The second kappa shape index (κ2) is 32.6. The number of hydrogen-bond donors (Lipinski definition) is 0. The highest BCUT2D eigenvalue weighted by molar-refractivity contribution is 5.89. The van der Waals surface area contributed by atoms with E-state index in [0.29, 0.717) is 0 Å². The maximum Gasteiger partial charge on any atom is 0.427 e. The molecule has 19 nitrogen and oxygen atoms in total. The largest absolute Gasteiger partial charge is 0.456 e. The second-order valence-corrected chi connectivity index (χ2v) is 21.6. The summed E-state index contributed by atoms with van der Waals surface area (Å²) in [5.41, 5.74) is -29.9. The van der Waals surface area contributed by atoms with Crippen molar-refractivity contribution in [1.82, 2.24) is 0 Å². The minimum atomic E-state index is -11.1. The van der Waals surface area contributed by atoms with Gasteiger partial charge in [-0.1, -0.05) is 39.5 Å². The Bertz CT molecular complexity index is 3090. The van der Waals surface area contributed by atoms with Crippen molar-refractivity contribution in [3.63, 3.8) is 0 Å². The third-order valence-corrected chi connectivity index (χ3v) is 12.2. The minimum absolute atomic E-state index is 0.209. The van der Waals surface area contributed by atoms with Gasteiger partial charge in [0.25, 0.3) is 5.41 Å². The maximum atomic E-state index is 17.6. The maximum absolute atomic E-state index is 17.6. The van der Waals surface area contributed by atoms with Gasteiger partial charge in [-0.25, -0.2) is 57.2 Å². The van der Waals surface area contributed by atoms with Gasteiger partial charge in [-0.3, -0.25) is 0 Å². The molecule has 0 aliphatic rings. The summed E-state index contributed by atoms with van der Waals surface area (Å²) in [6, 6.07) is 0. The van der Waals surface area contributed by atoms with Gasteiger partial charge in [0, 0.05) is 33.4 Å². The highest BCUT2D eigenvalue weighted by Gasteiger charge is 2.99. The number of carbonyl (C=O) groups is 6. The van der Waals surface area contributed by atoms with Gasteiger partial charge in [0.2, 0.25) is 0 Å². The Balaban J connectivity index is 11.3. The van der Waals surface area contributed by atoms with Gasteiger partial charge >= 0.3 is 156 Å². The van der Waals surface area contributed by atoms with E-state index < -0.39 is 241 Å². The molecule has 0 aromatic carbocycles. The summed E-state index contributed by atoms with van der Waals surface area (Å²) in [6.07, 6.45) is -125. The van der Waals surface area contributed by atoms with Crippen LogP contribution in [0.25, 0.3) is 0 Å². The van der Waals surface area contributed by atoms with Crippen LogP contribution in [0.1, 0.15) is 41.5 Å². The molecule has 0 rings (SSSR count). The molecule has 632 valence electrons. The predicted molar refractivity (Wildman–Crippen MR) is 266 cm³/mol. The Kier molecular flexibility index (Phi) is 30.3. The average molecular weight is 1690 g/mol. The van der Waals surface area contributed by atoms with Crippen LogP contribution in [0.3, 0.4) is 0 Å². The van der Waals surface area contributed by atoms with Crippen molar-refractivity contribution in [2.24, 2.45) is 10.8 Å². The molecule has 109 heavy (non-hydrogen) atoms. The molecule has 0 saturated heterocycles. The topological polar surface area (TPSA) is 222 Å². The van der Waals surface area contributed by atoms with Crippen LogP contribution in [0.5, 0.6) is 0 Å². The molecule has 0 atom stereocenters. The molecule has 0 spiro atoms. The highest BCUT2D eigenvalue weighted by atomic mass is 19.4.